The number of ether oxygens (including phenoxy) is 2. The third kappa shape index (κ3) is 4.38. The second kappa shape index (κ2) is 8.34. The number of hydrogen-bond acceptors (Lipinski definition) is 4. The van der Waals surface area contributed by atoms with Gasteiger partial charge in [0.1, 0.15) is 16.9 Å². The van der Waals surface area contributed by atoms with Crippen LogP contribution in [0.4, 0.5) is 13.2 Å². The number of amides is 1. The minimum Gasteiger partial charge on any atom is -0.497 e. The number of benzene rings is 2. The molecule has 4 nitrogen and oxygen atoms in total. The summed E-state index contributed by atoms with van der Waals surface area (Å²) in [5.74, 6) is 1.95. The van der Waals surface area contributed by atoms with E-state index in [-0.39, 0.29) is 17.7 Å². The fourth-order valence-electron chi connectivity index (χ4n) is 3.10. The maximum absolute atomic E-state index is 12.9. The molecule has 0 spiro atoms. The summed E-state index contributed by atoms with van der Waals surface area (Å²) in [4.78, 5) is 14.6. The van der Waals surface area contributed by atoms with Crippen molar-refractivity contribution in [1.29, 1.82) is 0 Å². The van der Waals surface area contributed by atoms with Crippen molar-refractivity contribution in [2.45, 2.75) is 18.0 Å². The number of halogens is 3. The SMILES string of the molecule is COc1ccc(OC)c(C2SCCN2C(=O)Cc2ccc(C(F)(F)F)cc2)c1. The molecule has 0 aliphatic carbocycles. The molecule has 1 aliphatic rings. The van der Waals surface area contributed by atoms with Gasteiger partial charge in [-0.3, -0.25) is 4.79 Å². The van der Waals surface area contributed by atoms with Gasteiger partial charge in [0.15, 0.2) is 0 Å². The molecule has 1 saturated heterocycles. The van der Waals surface area contributed by atoms with E-state index in [1.54, 1.807) is 43.0 Å². The molecule has 2 aromatic carbocycles. The lowest BCUT2D eigenvalue weighted by Gasteiger charge is -2.26. The highest BCUT2D eigenvalue weighted by Crippen LogP contribution is 2.43. The topological polar surface area (TPSA) is 38.8 Å². The number of methoxy groups -OCH3 is 2. The van der Waals surface area contributed by atoms with Crippen LogP contribution in [-0.4, -0.2) is 37.3 Å². The van der Waals surface area contributed by atoms with Crippen LogP contribution in [0.3, 0.4) is 0 Å². The molecule has 3 rings (SSSR count). The number of nitrogens with zero attached hydrogens (tertiary/aromatic N) is 1. The number of thioether (sulfide) groups is 1. The lowest BCUT2D eigenvalue weighted by atomic mass is 10.1. The first-order valence-electron chi connectivity index (χ1n) is 8.62. The van der Waals surface area contributed by atoms with Gasteiger partial charge in [-0.05, 0) is 35.9 Å². The van der Waals surface area contributed by atoms with E-state index in [9.17, 15) is 18.0 Å². The Kier molecular flexibility index (Phi) is 6.07. The van der Waals surface area contributed by atoms with Gasteiger partial charge in [-0.1, -0.05) is 12.1 Å². The molecule has 1 heterocycles. The molecule has 28 heavy (non-hydrogen) atoms. The Morgan fingerprint density at radius 3 is 2.46 bits per heavy atom. The molecular formula is C20H20F3NO3S. The first-order valence-corrected chi connectivity index (χ1v) is 9.67. The molecule has 0 saturated carbocycles. The third-order valence-electron chi connectivity index (χ3n) is 4.55. The Bertz CT molecular complexity index is 840. The molecule has 1 unspecified atom stereocenters. The van der Waals surface area contributed by atoms with Gasteiger partial charge in [-0.25, -0.2) is 0 Å². The highest BCUT2D eigenvalue weighted by Gasteiger charge is 2.33. The number of carbonyl (C=O) groups excluding carboxylic acids is 1. The van der Waals surface area contributed by atoms with E-state index in [1.807, 2.05) is 6.07 Å². The zero-order chi connectivity index (χ0) is 20.3. The van der Waals surface area contributed by atoms with Crippen LogP contribution in [-0.2, 0) is 17.4 Å². The van der Waals surface area contributed by atoms with E-state index >= 15 is 0 Å². The van der Waals surface area contributed by atoms with Crippen LogP contribution in [0, 0.1) is 0 Å². The number of hydrogen-bond donors (Lipinski definition) is 0. The monoisotopic (exact) mass is 411 g/mol. The molecule has 8 heteroatoms. The molecule has 0 aromatic heterocycles. The van der Waals surface area contributed by atoms with Crippen LogP contribution in [0.5, 0.6) is 11.5 Å². The van der Waals surface area contributed by atoms with Crippen LogP contribution >= 0.6 is 11.8 Å². The summed E-state index contributed by atoms with van der Waals surface area (Å²) in [6.45, 7) is 0.565. The Hall–Kier alpha value is -2.35. The zero-order valence-electron chi connectivity index (χ0n) is 15.5. The van der Waals surface area contributed by atoms with E-state index in [2.05, 4.69) is 0 Å². The Labute approximate surface area is 165 Å². The minimum absolute atomic E-state index is 0.0431. The van der Waals surface area contributed by atoms with E-state index in [0.717, 1.165) is 23.4 Å². The summed E-state index contributed by atoms with van der Waals surface area (Å²) in [7, 11) is 3.14. The van der Waals surface area contributed by atoms with Crippen molar-refractivity contribution in [2.75, 3.05) is 26.5 Å². The van der Waals surface area contributed by atoms with Gasteiger partial charge < -0.3 is 14.4 Å². The highest BCUT2D eigenvalue weighted by atomic mass is 32.2. The Morgan fingerprint density at radius 1 is 1.14 bits per heavy atom. The molecule has 1 amide bonds. The summed E-state index contributed by atoms with van der Waals surface area (Å²) in [6, 6.07) is 10.1. The molecule has 0 bridgehead atoms. The van der Waals surface area contributed by atoms with Gasteiger partial charge in [0.05, 0.1) is 26.2 Å². The number of alkyl halides is 3. The molecule has 1 fully saturated rings. The van der Waals surface area contributed by atoms with Crippen molar-refractivity contribution in [3.8, 4) is 11.5 Å². The Balaban J connectivity index is 1.78. The number of carbonyl (C=O) groups is 1. The van der Waals surface area contributed by atoms with Crippen LogP contribution in [0.1, 0.15) is 22.1 Å². The first kappa shape index (κ1) is 20.4. The van der Waals surface area contributed by atoms with Crippen LogP contribution in [0.25, 0.3) is 0 Å². The van der Waals surface area contributed by atoms with Crippen molar-refractivity contribution >= 4 is 17.7 Å². The van der Waals surface area contributed by atoms with Crippen molar-refractivity contribution in [1.82, 2.24) is 4.90 Å². The van der Waals surface area contributed by atoms with Gasteiger partial charge in [0, 0.05) is 17.9 Å². The fraction of sp³-hybridized carbons (Fsp3) is 0.350. The molecule has 0 N–H and O–H groups in total. The van der Waals surface area contributed by atoms with Gasteiger partial charge in [0.25, 0.3) is 0 Å². The molecule has 1 atom stereocenters. The maximum Gasteiger partial charge on any atom is 0.416 e. The third-order valence-corrected chi connectivity index (χ3v) is 5.79. The average Bonchev–Trinajstić information content (AvgIpc) is 3.17. The molecular weight excluding hydrogens is 391 g/mol. The molecule has 2 aromatic rings. The van der Waals surface area contributed by atoms with E-state index in [1.165, 1.54) is 12.1 Å². The molecule has 1 aliphatic heterocycles. The summed E-state index contributed by atoms with van der Waals surface area (Å²) >= 11 is 1.62. The first-order chi connectivity index (χ1) is 13.3. The lowest BCUT2D eigenvalue weighted by Crippen LogP contribution is -2.31. The molecule has 0 radical (unpaired) electrons. The van der Waals surface area contributed by atoms with Crippen molar-refractivity contribution in [3.05, 3.63) is 59.2 Å². The second-order valence-electron chi connectivity index (χ2n) is 6.29. The molecule has 150 valence electrons. The summed E-state index contributed by atoms with van der Waals surface area (Å²) < 4.78 is 48.8. The standard InChI is InChI=1S/C20H20F3NO3S/c1-26-15-7-8-17(27-2)16(12-15)19-24(9-10-28-19)18(25)11-13-3-5-14(6-4-13)20(21,22)23/h3-8,12,19H,9-11H2,1-2H3. The van der Waals surface area contributed by atoms with Crippen LogP contribution in [0.2, 0.25) is 0 Å². The normalized spacial score (nSPS) is 16.9. The van der Waals surface area contributed by atoms with E-state index in [4.69, 9.17) is 9.47 Å². The number of rotatable bonds is 5. The highest BCUT2D eigenvalue weighted by molar-refractivity contribution is 7.99. The predicted molar refractivity (Wildman–Crippen MR) is 102 cm³/mol. The second-order valence-corrected chi connectivity index (χ2v) is 7.48. The van der Waals surface area contributed by atoms with E-state index in [0.29, 0.717) is 23.6 Å². The van der Waals surface area contributed by atoms with Crippen molar-refractivity contribution < 1.29 is 27.4 Å². The fourth-order valence-corrected chi connectivity index (χ4v) is 4.40. The smallest absolute Gasteiger partial charge is 0.416 e. The van der Waals surface area contributed by atoms with Gasteiger partial charge >= 0.3 is 6.18 Å². The quantitative estimate of drug-likeness (QED) is 0.724. The van der Waals surface area contributed by atoms with Crippen LogP contribution < -0.4 is 9.47 Å². The summed E-state index contributed by atoms with van der Waals surface area (Å²) in [5.41, 5.74) is 0.663. The largest absolute Gasteiger partial charge is 0.497 e. The van der Waals surface area contributed by atoms with E-state index < -0.39 is 11.7 Å². The summed E-state index contributed by atoms with van der Waals surface area (Å²) in [6.07, 6.45) is -4.34. The van der Waals surface area contributed by atoms with Gasteiger partial charge in [0.2, 0.25) is 5.91 Å². The van der Waals surface area contributed by atoms with Crippen LogP contribution in [0.15, 0.2) is 42.5 Å². The average molecular weight is 411 g/mol. The minimum atomic E-state index is -4.39. The lowest BCUT2D eigenvalue weighted by molar-refractivity contribution is -0.137. The Morgan fingerprint density at radius 2 is 1.86 bits per heavy atom. The zero-order valence-corrected chi connectivity index (χ0v) is 16.3. The predicted octanol–water partition coefficient (Wildman–Crippen LogP) is 4.54. The van der Waals surface area contributed by atoms with Gasteiger partial charge in [-0.2, -0.15) is 13.2 Å². The van der Waals surface area contributed by atoms with Crippen molar-refractivity contribution in [2.24, 2.45) is 0 Å². The van der Waals surface area contributed by atoms with Gasteiger partial charge in [-0.15, -0.1) is 11.8 Å². The van der Waals surface area contributed by atoms with Crippen molar-refractivity contribution in [3.63, 3.8) is 0 Å². The maximum atomic E-state index is 12.9. The summed E-state index contributed by atoms with van der Waals surface area (Å²) in [5, 5.41) is -0.230.